The molecule has 0 aromatic heterocycles. The summed E-state index contributed by atoms with van der Waals surface area (Å²) in [4.78, 5) is 10.2. The molecular formula is C13H20N4O3. The summed E-state index contributed by atoms with van der Waals surface area (Å²) in [6.07, 6.45) is 0. The normalized spacial score (nSPS) is 11.3. The van der Waals surface area contributed by atoms with Crippen LogP contribution in [0.4, 0.5) is 11.4 Å². The summed E-state index contributed by atoms with van der Waals surface area (Å²) in [5.41, 5.74) is 0.426. The number of nitro groups is 1. The first-order chi connectivity index (χ1) is 9.36. The molecule has 0 radical (unpaired) electrons. The number of hydrogen-bond donors (Lipinski definition) is 0. The molecule has 0 spiro atoms. The van der Waals surface area contributed by atoms with Crippen LogP contribution in [0, 0.1) is 10.1 Å². The Balaban J connectivity index is 3.05. The molecule has 0 atom stereocenters. The van der Waals surface area contributed by atoms with Crippen molar-refractivity contribution < 1.29 is 9.66 Å². The number of ether oxygens (including phenoxy) is 1. The van der Waals surface area contributed by atoms with E-state index < -0.39 is 4.92 Å². The summed E-state index contributed by atoms with van der Waals surface area (Å²) in [5, 5.41) is 20.9. The fourth-order valence-corrected chi connectivity index (χ4v) is 1.77. The standard InChI is InChI=1S/C13H20N4O3/c1-9(2)16(10(3)4)15-14-12-7-6-11(17(18)19)8-13(12)20-5/h6-10H,1-5H3. The van der Waals surface area contributed by atoms with E-state index in [1.807, 2.05) is 32.7 Å². The van der Waals surface area contributed by atoms with E-state index in [-0.39, 0.29) is 17.8 Å². The smallest absolute Gasteiger partial charge is 0.273 e. The molecule has 0 saturated heterocycles. The van der Waals surface area contributed by atoms with E-state index >= 15 is 0 Å². The number of nitrogens with zero attached hydrogens (tertiary/aromatic N) is 4. The molecule has 0 amide bonds. The van der Waals surface area contributed by atoms with Crippen LogP contribution in [0.2, 0.25) is 0 Å². The van der Waals surface area contributed by atoms with Crippen LogP contribution in [0.1, 0.15) is 27.7 Å². The van der Waals surface area contributed by atoms with Gasteiger partial charge in [0.25, 0.3) is 5.69 Å². The number of benzene rings is 1. The second kappa shape index (κ2) is 6.83. The molecule has 0 heterocycles. The first-order valence-corrected chi connectivity index (χ1v) is 6.39. The predicted octanol–water partition coefficient (Wildman–Crippen LogP) is 3.72. The third-order valence-electron chi connectivity index (χ3n) is 2.69. The van der Waals surface area contributed by atoms with Gasteiger partial charge in [-0.05, 0) is 33.8 Å². The minimum atomic E-state index is -0.474. The molecule has 1 aromatic carbocycles. The Hall–Kier alpha value is -2.18. The molecule has 0 unspecified atom stereocenters. The maximum absolute atomic E-state index is 10.7. The van der Waals surface area contributed by atoms with Gasteiger partial charge in [0, 0.05) is 18.2 Å². The number of nitro benzene ring substituents is 1. The highest BCUT2D eigenvalue weighted by molar-refractivity contribution is 5.56. The SMILES string of the molecule is COc1cc([N+](=O)[O-])ccc1N=NN(C(C)C)C(C)C. The van der Waals surface area contributed by atoms with E-state index in [0.717, 1.165) is 0 Å². The van der Waals surface area contributed by atoms with E-state index in [9.17, 15) is 10.1 Å². The Bertz CT molecular complexity index is 492. The van der Waals surface area contributed by atoms with Gasteiger partial charge in [-0.25, -0.2) is 0 Å². The number of hydrogen-bond acceptors (Lipinski definition) is 5. The summed E-state index contributed by atoms with van der Waals surface area (Å²) >= 11 is 0. The zero-order valence-electron chi connectivity index (χ0n) is 12.4. The average Bonchev–Trinajstić information content (AvgIpc) is 2.37. The minimum absolute atomic E-state index is 0.0367. The van der Waals surface area contributed by atoms with Crippen LogP contribution in [0.5, 0.6) is 5.75 Å². The highest BCUT2D eigenvalue weighted by atomic mass is 16.6. The molecule has 0 aliphatic rings. The third-order valence-corrected chi connectivity index (χ3v) is 2.69. The van der Waals surface area contributed by atoms with E-state index in [2.05, 4.69) is 10.3 Å². The van der Waals surface area contributed by atoms with Crippen LogP contribution in [0.15, 0.2) is 28.5 Å². The summed E-state index contributed by atoms with van der Waals surface area (Å²) in [6.45, 7) is 8.08. The molecule has 1 rings (SSSR count). The topological polar surface area (TPSA) is 80.3 Å². The predicted molar refractivity (Wildman–Crippen MR) is 76.3 cm³/mol. The van der Waals surface area contributed by atoms with Gasteiger partial charge in [0.15, 0.2) is 5.75 Å². The van der Waals surface area contributed by atoms with Crippen molar-refractivity contribution in [3.8, 4) is 5.75 Å². The van der Waals surface area contributed by atoms with E-state index in [1.165, 1.54) is 25.3 Å². The Kier molecular flexibility index (Phi) is 5.42. The maximum Gasteiger partial charge on any atom is 0.273 e. The lowest BCUT2D eigenvalue weighted by Crippen LogP contribution is -2.31. The van der Waals surface area contributed by atoms with Crippen LogP contribution in [-0.4, -0.2) is 29.1 Å². The van der Waals surface area contributed by atoms with E-state index in [0.29, 0.717) is 11.4 Å². The lowest BCUT2D eigenvalue weighted by atomic mass is 10.2. The fourth-order valence-electron chi connectivity index (χ4n) is 1.77. The van der Waals surface area contributed by atoms with Crippen molar-refractivity contribution in [3.63, 3.8) is 0 Å². The Labute approximate surface area is 118 Å². The van der Waals surface area contributed by atoms with Crippen LogP contribution in [0.25, 0.3) is 0 Å². The summed E-state index contributed by atoms with van der Waals surface area (Å²) in [5.74, 6) is 0.329. The third kappa shape index (κ3) is 3.91. The average molecular weight is 280 g/mol. The van der Waals surface area contributed by atoms with Gasteiger partial charge in [-0.3, -0.25) is 15.1 Å². The molecule has 7 nitrogen and oxygen atoms in total. The van der Waals surface area contributed by atoms with E-state index in [1.54, 1.807) is 0 Å². The minimum Gasteiger partial charge on any atom is -0.494 e. The largest absolute Gasteiger partial charge is 0.494 e. The van der Waals surface area contributed by atoms with Gasteiger partial charge in [0.05, 0.1) is 18.1 Å². The van der Waals surface area contributed by atoms with Crippen molar-refractivity contribution in [2.24, 2.45) is 10.3 Å². The number of methoxy groups -OCH3 is 1. The lowest BCUT2D eigenvalue weighted by Gasteiger charge is -2.25. The Morgan fingerprint density at radius 2 is 1.85 bits per heavy atom. The molecule has 20 heavy (non-hydrogen) atoms. The highest BCUT2D eigenvalue weighted by Gasteiger charge is 2.13. The molecule has 0 aliphatic carbocycles. The molecular weight excluding hydrogens is 260 g/mol. The van der Waals surface area contributed by atoms with Crippen molar-refractivity contribution >= 4 is 11.4 Å². The summed E-state index contributed by atoms with van der Waals surface area (Å²) in [6, 6.07) is 4.67. The second-order valence-electron chi connectivity index (χ2n) is 4.87. The molecule has 110 valence electrons. The van der Waals surface area contributed by atoms with Crippen LogP contribution < -0.4 is 4.74 Å². The Morgan fingerprint density at radius 1 is 1.25 bits per heavy atom. The maximum atomic E-state index is 10.7. The number of rotatable bonds is 6. The van der Waals surface area contributed by atoms with Crippen LogP contribution >= 0.6 is 0 Å². The van der Waals surface area contributed by atoms with E-state index in [4.69, 9.17) is 4.74 Å². The highest BCUT2D eigenvalue weighted by Crippen LogP contribution is 2.31. The van der Waals surface area contributed by atoms with Crippen LogP contribution in [-0.2, 0) is 0 Å². The zero-order chi connectivity index (χ0) is 15.3. The molecule has 1 aromatic rings. The molecule has 0 N–H and O–H groups in total. The molecule has 0 aliphatic heterocycles. The monoisotopic (exact) mass is 280 g/mol. The molecule has 0 fully saturated rings. The quantitative estimate of drug-likeness (QED) is 0.452. The van der Waals surface area contributed by atoms with Gasteiger partial charge in [0.2, 0.25) is 0 Å². The van der Waals surface area contributed by atoms with Gasteiger partial charge in [-0.15, -0.1) is 5.11 Å². The summed E-state index contributed by atoms with van der Waals surface area (Å²) in [7, 11) is 1.45. The molecule has 0 saturated carbocycles. The summed E-state index contributed by atoms with van der Waals surface area (Å²) < 4.78 is 5.11. The van der Waals surface area contributed by atoms with Crippen molar-refractivity contribution in [3.05, 3.63) is 28.3 Å². The molecule has 0 bridgehead atoms. The van der Waals surface area contributed by atoms with Gasteiger partial charge in [0.1, 0.15) is 5.69 Å². The molecule has 7 heteroatoms. The zero-order valence-corrected chi connectivity index (χ0v) is 12.4. The first-order valence-electron chi connectivity index (χ1n) is 6.39. The van der Waals surface area contributed by atoms with Gasteiger partial charge >= 0.3 is 0 Å². The Morgan fingerprint density at radius 3 is 2.30 bits per heavy atom. The van der Waals surface area contributed by atoms with Gasteiger partial charge in [-0.2, -0.15) is 0 Å². The van der Waals surface area contributed by atoms with Gasteiger partial charge in [-0.1, -0.05) is 5.22 Å². The second-order valence-corrected chi connectivity index (χ2v) is 4.87. The van der Waals surface area contributed by atoms with Crippen molar-refractivity contribution in [1.82, 2.24) is 5.01 Å². The van der Waals surface area contributed by atoms with Crippen molar-refractivity contribution in [1.29, 1.82) is 0 Å². The van der Waals surface area contributed by atoms with Crippen LogP contribution in [0.3, 0.4) is 0 Å². The van der Waals surface area contributed by atoms with Crippen molar-refractivity contribution in [2.45, 2.75) is 39.8 Å². The van der Waals surface area contributed by atoms with Crippen molar-refractivity contribution in [2.75, 3.05) is 7.11 Å². The lowest BCUT2D eigenvalue weighted by molar-refractivity contribution is -0.384. The fraction of sp³-hybridized carbons (Fsp3) is 0.538. The first kappa shape index (κ1) is 15.9. The van der Waals surface area contributed by atoms with Gasteiger partial charge < -0.3 is 4.74 Å². The number of non-ortho nitro benzene ring substituents is 1.